The van der Waals surface area contributed by atoms with Crippen molar-refractivity contribution >= 4 is 10.0 Å². The second kappa shape index (κ2) is 6.26. The molecule has 1 aromatic rings. The van der Waals surface area contributed by atoms with Gasteiger partial charge in [-0.2, -0.15) is 0 Å². The lowest BCUT2D eigenvalue weighted by Gasteiger charge is -2.13. The third kappa shape index (κ3) is 4.04. The Morgan fingerprint density at radius 2 is 2.11 bits per heavy atom. The molecule has 102 valence electrons. The second-order valence-electron chi connectivity index (χ2n) is 4.38. The predicted octanol–water partition coefficient (Wildman–Crippen LogP) is 1.43. The highest BCUT2D eigenvalue weighted by atomic mass is 32.2. The summed E-state index contributed by atoms with van der Waals surface area (Å²) in [5, 5.41) is 8.74. The normalized spacial score (nSPS) is 13.6. The minimum atomic E-state index is -3.70. The molecule has 0 amide bonds. The minimum absolute atomic E-state index is 0.0158. The lowest BCUT2D eigenvalue weighted by Crippen LogP contribution is -2.29. The smallest absolute Gasteiger partial charge is 0.240 e. The molecule has 18 heavy (non-hydrogen) atoms. The summed E-state index contributed by atoms with van der Waals surface area (Å²) in [6, 6.07) is 3.66. The molecule has 1 atom stereocenters. The van der Waals surface area contributed by atoms with Crippen LogP contribution in [-0.2, 0) is 10.0 Å². The first-order valence-electron chi connectivity index (χ1n) is 5.73. The molecule has 0 spiro atoms. The lowest BCUT2D eigenvalue weighted by molar-refractivity contribution is 0.263. The van der Waals surface area contributed by atoms with Gasteiger partial charge in [-0.3, -0.25) is 0 Å². The van der Waals surface area contributed by atoms with E-state index < -0.39 is 15.8 Å². The van der Waals surface area contributed by atoms with Gasteiger partial charge < -0.3 is 5.11 Å². The second-order valence-corrected chi connectivity index (χ2v) is 6.11. The summed E-state index contributed by atoms with van der Waals surface area (Å²) in [4.78, 5) is -0.0429. The van der Waals surface area contributed by atoms with Crippen molar-refractivity contribution in [3.8, 4) is 0 Å². The van der Waals surface area contributed by atoms with Gasteiger partial charge in [0.2, 0.25) is 10.0 Å². The summed E-state index contributed by atoms with van der Waals surface area (Å²) in [5.41, 5.74) is 0.499. The maximum atomic E-state index is 13.1. The van der Waals surface area contributed by atoms with Crippen molar-refractivity contribution in [3.05, 3.63) is 29.6 Å². The van der Waals surface area contributed by atoms with Crippen LogP contribution in [0.5, 0.6) is 0 Å². The van der Waals surface area contributed by atoms with E-state index in [4.69, 9.17) is 5.11 Å². The van der Waals surface area contributed by atoms with Crippen molar-refractivity contribution in [2.75, 3.05) is 13.2 Å². The molecule has 0 saturated carbocycles. The molecule has 0 saturated heterocycles. The van der Waals surface area contributed by atoms with Gasteiger partial charge in [0.1, 0.15) is 5.82 Å². The SMILES string of the molecule is Cc1ccc(F)cc1S(=O)(=O)NCC(C)CCO. The third-order valence-corrected chi connectivity index (χ3v) is 4.25. The number of aliphatic hydroxyl groups is 1. The molecule has 0 radical (unpaired) electrons. The van der Waals surface area contributed by atoms with Crippen LogP contribution in [0.25, 0.3) is 0 Å². The third-order valence-electron chi connectivity index (χ3n) is 2.68. The maximum Gasteiger partial charge on any atom is 0.240 e. The first kappa shape index (κ1) is 15.1. The van der Waals surface area contributed by atoms with Crippen molar-refractivity contribution in [2.24, 2.45) is 5.92 Å². The van der Waals surface area contributed by atoms with Gasteiger partial charge >= 0.3 is 0 Å². The first-order chi connectivity index (χ1) is 8.36. The van der Waals surface area contributed by atoms with Gasteiger partial charge in [0.15, 0.2) is 0 Å². The summed E-state index contributed by atoms with van der Waals surface area (Å²) in [7, 11) is -3.70. The molecule has 2 N–H and O–H groups in total. The molecule has 0 fully saturated rings. The molecule has 6 heteroatoms. The molecular weight excluding hydrogens is 257 g/mol. The average Bonchev–Trinajstić information content (AvgIpc) is 2.30. The predicted molar refractivity (Wildman–Crippen MR) is 67.2 cm³/mol. The molecule has 1 unspecified atom stereocenters. The number of sulfonamides is 1. The highest BCUT2D eigenvalue weighted by molar-refractivity contribution is 7.89. The van der Waals surface area contributed by atoms with E-state index in [1.807, 2.05) is 6.92 Å². The van der Waals surface area contributed by atoms with E-state index in [-0.39, 0.29) is 24.0 Å². The molecule has 0 aliphatic carbocycles. The van der Waals surface area contributed by atoms with Crippen molar-refractivity contribution in [2.45, 2.75) is 25.2 Å². The quantitative estimate of drug-likeness (QED) is 0.825. The van der Waals surface area contributed by atoms with Gasteiger partial charge in [0.25, 0.3) is 0 Å². The number of aliphatic hydroxyl groups excluding tert-OH is 1. The van der Waals surface area contributed by atoms with Crippen molar-refractivity contribution in [1.82, 2.24) is 4.72 Å². The van der Waals surface area contributed by atoms with Gasteiger partial charge in [-0.15, -0.1) is 0 Å². The highest BCUT2D eigenvalue weighted by Crippen LogP contribution is 2.16. The van der Waals surface area contributed by atoms with Crippen LogP contribution in [0.3, 0.4) is 0 Å². The largest absolute Gasteiger partial charge is 0.396 e. The Kier molecular flexibility index (Phi) is 5.25. The highest BCUT2D eigenvalue weighted by Gasteiger charge is 2.18. The van der Waals surface area contributed by atoms with E-state index in [0.29, 0.717) is 12.0 Å². The van der Waals surface area contributed by atoms with E-state index >= 15 is 0 Å². The molecule has 0 aliphatic rings. The van der Waals surface area contributed by atoms with Gasteiger partial charge in [0, 0.05) is 13.2 Å². The van der Waals surface area contributed by atoms with E-state index in [2.05, 4.69) is 4.72 Å². The Morgan fingerprint density at radius 1 is 1.44 bits per heavy atom. The molecule has 1 aromatic carbocycles. The zero-order valence-corrected chi connectivity index (χ0v) is 11.3. The van der Waals surface area contributed by atoms with Gasteiger partial charge in [-0.05, 0) is 37.0 Å². The summed E-state index contributed by atoms with van der Waals surface area (Å²) < 4.78 is 39.4. The Labute approximate surface area is 107 Å². The molecular formula is C12H18FNO3S. The fraction of sp³-hybridized carbons (Fsp3) is 0.500. The van der Waals surface area contributed by atoms with Crippen LogP contribution in [0.4, 0.5) is 4.39 Å². The Hall–Kier alpha value is -0.980. The molecule has 0 bridgehead atoms. The number of rotatable bonds is 6. The number of halogens is 1. The maximum absolute atomic E-state index is 13.1. The van der Waals surface area contributed by atoms with Crippen molar-refractivity contribution < 1.29 is 17.9 Å². The monoisotopic (exact) mass is 275 g/mol. The average molecular weight is 275 g/mol. The summed E-state index contributed by atoms with van der Waals surface area (Å²) in [5.74, 6) is -0.553. The van der Waals surface area contributed by atoms with E-state index in [1.165, 1.54) is 12.1 Å². The van der Waals surface area contributed by atoms with Crippen LogP contribution < -0.4 is 4.72 Å². The van der Waals surface area contributed by atoms with Crippen LogP contribution in [0.2, 0.25) is 0 Å². The molecule has 0 heterocycles. The number of benzene rings is 1. The molecule has 1 rings (SSSR count). The fourth-order valence-corrected chi connectivity index (χ4v) is 2.93. The zero-order chi connectivity index (χ0) is 13.8. The Morgan fingerprint density at radius 3 is 2.72 bits per heavy atom. The number of nitrogens with one attached hydrogen (secondary N) is 1. The van der Waals surface area contributed by atoms with Crippen molar-refractivity contribution in [1.29, 1.82) is 0 Å². The summed E-state index contributed by atoms with van der Waals surface area (Å²) in [6.07, 6.45) is 0.519. The minimum Gasteiger partial charge on any atom is -0.396 e. The zero-order valence-electron chi connectivity index (χ0n) is 10.5. The Bertz CT molecular complexity index is 502. The summed E-state index contributed by atoms with van der Waals surface area (Å²) in [6.45, 7) is 3.68. The molecule has 0 aliphatic heterocycles. The Balaban J connectivity index is 2.83. The lowest BCUT2D eigenvalue weighted by atomic mass is 10.1. The van der Waals surface area contributed by atoms with E-state index in [9.17, 15) is 12.8 Å². The van der Waals surface area contributed by atoms with Gasteiger partial charge in [-0.1, -0.05) is 13.0 Å². The number of hydrogen-bond donors (Lipinski definition) is 2. The van der Waals surface area contributed by atoms with E-state index in [1.54, 1.807) is 6.92 Å². The summed E-state index contributed by atoms with van der Waals surface area (Å²) >= 11 is 0. The van der Waals surface area contributed by atoms with Gasteiger partial charge in [-0.25, -0.2) is 17.5 Å². The fourth-order valence-electron chi connectivity index (χ4n) is 1.52. The number of aryl methyl sites for hydroxylation is 1. The molecule has 0 aromatic heterocycles. The van der Waals surface area contributed by atoms with E-state index in [0.717, 1.165) is 6.07 Å². The van der Waals surface area contributed by atoms with Crippen LogP contribution in [-0.4, -0.2) is 26.7 Å². The van der Waals surface area contributed by atoms with Crippen molar-refractivity contribution in [3.63, 3.8) is 0 Å². The van der Waals surface area contributed by atoms with Crippen LogP contribution in [0.15, 0.2) is 23.1 Å². The van der Waals surface area contributed by atoms with Gasteiger partial charge in [0.05, 0.1) is 4.90 Å². The van der Waals surface area contributed by atoms with Crippen LogP contribution in [0, 0.1) is 18.7 Å². The van der Waals surface area contributed by atoms with Crippen LogP contribution >= 0.6 is 0 Å². The first-order valence-corrected chi connectivity index (χ1v) is 7.22. The topological polar surface area (TPSA) is 66.4 Å². The molecule has 4 nitrogen and oxygen atoms in total. The van der Waals surface area contributed by atoms with Crippen LogP contribution in [0.1, 0.15) is 18.9 Å². The number of hydrogen-bond acceptors (Lipinski definition) is 3. The standard InChI is InChI=1S/C12H18FNO3S/c1-9(5-6-15)8-14-18(16,17)12-7-11(13)4-3-10(12)2/h3-4,7,9,14-15H,5-6,8H2,1-2H3.